The molecule has 25 heavy (non-hydrogen) atoms. The van der Waals surface area contributed by atoms with Gasteiger partial charge in [0.05, 0.1) is 11.4 Å². The summed E-state index contributed by atoms with van der Waals surface area (Å²) in [5.41, 5.74) is 2.03. The van der Waals surface area contributed by atoms with Crippen LogP contribution in [0.4, 0.5) is 11.4 Å². The molecule has 130 valence electrons. The van der Waals surface area contributed by atoms with Crippen LogP contribution in [0.25, 0.3) is 0 Å². The van der Waals surface area contributed by atoms with Crippen molar-refractivity contribution in [2.24, 2.45) is 0 Å². The first-order valence-electron chi connectivity index (χ1n) is 7.51. The molecule has 0 aromatic heterocycles. The van der Waals surface area contributed by atoms with Gasteiger partial charge in [-0.2, -0.15) is 0 Å². The van der Waals surface area contributed by atoms with Gasteiger partial charge in [-0.25, -0.2) is 12.7 Å². The lowest BCUT2D eigenvalue weighted by Gasteiger charge is -2.15. The van der Waals surface area contributed by atoms with Crippen molar-refractivity contribution in [3.05, 3.63) is 58.6 Å². The van der Waals surface area contributed by atoms with E-state index in [0.29, 0.717) is 16.3 Å². The first-order chi connectivity index (χ1) is 11.8. The number of halogens is 1. The maximum atomic E-state index is 12.3. The van der Waals surface area contributed by atoms with Gasteiger partial charge in [0.25, 0.3) is 5.91 Å². The first kappa shape index (κ1) is 17.4. The van der Waals surface area contributed by atoms with E-state index in [2.05, 4.69) is 5.32 Å². The fourth-order valence-corrected chi connectivity index (χ4v) is 4.13. The topological polar surface area (TPSA) is 83.6 Å². The van der Waals surface area contributed by atoms with Crippen LogP contribution < -0.4 is 9.62 Å². The van der Waals surface area contributed by atoms with E-state index in [4.69, 9.17) is 11.6 Å². The van der Waals surface area contributed by atoms with Crippen molar-refractivity contribution in [2.75, 3.05) is 15.4 Å². The predicted octanol–water partition coefficient (Wildman–Crippen LogP) is 2.97. The number of nitrogens with zero attached hydrogens (tertiary/aromatic N) is 1. The fourth-order valence-electron chi connectivity index (χ4n) is 2.49. The molecule has 0 radical (unpaired) electrons. The van der Waals surface area contributed by atoms with Crippen LogP contribution in [-0.4, -0.2) is 26.0 Å². The largest absolute Gasteiger partial charge is 0.322 e. The number of anilines is 2. The van der Waals surface area contributed by atoms with Gasteiger partial charge < -0.3 is 5.32 Å². The summed E-state index contributed by atoms with van der Waals surface area (Å²) in [5.74, 6) is -1.02. The van der Waals surface area contributed by atoms with Gasteiger partial charge in [0, 0.05) is 22.7 Å². The summed E-state index contributed by atoms with van der Waals surface area (Å²) < 4.78 is 24.6. The standard InChI is InChI=1S/C17H15ClN2O4S/c1-11-2-5-13(10-15(11)18)19-17(22)12-3-6-14(7-4-12)20-16(21)8-9-25(20,23)24/h2-7,10H,8-9H2,1H3,(H,19,22). The Balaban J connectivity index is 1.79. The Morgan fingerprint density at radius 3 is 2.40 bits per heavy atom. The Hall–Kier alpha value is -2.38. The first-order valence-corrected chi connectivity index (χ1v) is 9.50. The zero-order chi connectivity index (χ0) is 18.2. The Bertz CT molecular complexity index is 955. The van der Waals surface area contributed by atoms with Crippen molar-refractivity contribution in [1.29, 1.82) is 0 Å². The van der Waals surface area contributed by atoms with Gasteiger partial charge in [-0.05, 0) is 48.9 Å². The third-order valence-corrected chi connectivity index (χ3v) is 5.97. The molecule has 1 N–H and O–H groups in total. The number of hydrogen-bond acceptors (Lipinski definition) is 4. The van der Waals surface area contributed by atoms with Crippen LogP contribution >= 0.6 is 11.6 Å². The number of nitrogens with one attached hydrogen (secondary N) is 1. The molecule has 0 unspecified atom stereocenters. The highest BCUT2D eigenvalue weighted by Crippen LogP contribution is 2.26. The van der Waals surface area contributed by atoms with Crippen molar-refractivity contribution < 1.29 is 18.0 Å². The van der Waals surface area contributed by atoms with Crippen LogP contribution in [0.2, 0.25) is 5.02 Å². The van der Waals surface area contributed by atoms with E-state index in [-0.39, 0.29) is 23.8 Å². The summed E-state index contributed by atoms with van der Waals surface area (Å²) in [7, 11) is -3.61. The molecule has 2 aromatic rings. The number of carbonyl (C=O) groups is 2. The van der Waals surface area contributed by atoms with Crippen molar-refractivity contribution in [3.8, 4) is 0 Å². The second-order valence-electron chi connectivity index (χ2n) is 5.69. The van der Waals surface area contributed by atoms with Crippen LogP contribution in [0.15, 0.2) is 42.5 Å². The SMILES string of the molecule is Cc1ccc(NC(=O)c2ccc(N3C(=O)CCS3(=O)=O)cc2)cc1Cl. The predicted molar refractivity (Wildman–Crippen MR) is 96.5 cm³/mol. The minimum atomic E-state index is -3.61. The molecule has 0 spiro atoms. The molecule has 1 aliphatic heterocycles. The lowest BCUT2D eigenvalue weighted by molar-refractivity contribution is -0.116. The normalized spacial score (nSPS) is 16.1. The van der Waals surface area contributed by atoms with E-state index in [1.807, 2.05) is 6.92 Å². The zero-order valence-electron chi connectivity index (χ0n) is 13.3. The third-order valence-electron chi connectivity index (χ3n) is 3.87. The lowest BCUT2D eigenvalue weighted by Crippen LogP contribution is -2.29. The smallest absolute Gasteiger partial charge is 0.255 e. The molecule has 3 rings (SSSR count). The molecule has 0 saturated carbocycles. The maximum absolute atomic E-state index is 12.3. The molecule has 0 atom stereocenters. The Kier molecular flexibility index (Phi) is 4.53. The van der Waals surface area contributed by atoms with Gasteiger partial charge >= 0.3 is 0 Å². The number of benzene rings is 2. The molecular formula is C17H15ClN2O4S. The summed E-state index contributed by atoms with van der Waals surface area (Å²) in [6, 6.07) is 11.0. The second kappa shape index (κ2) is 6.50. The summed E-state index contributed by atoms with van der Waals surface area (Å²) in [4.78, 5) is 24.0. The summed E-state index contributed by atoms with van der Waals surface area (Å²) in [6.45, 7) is 1.86. The second-order valence-corrected chi connectivity index (χ2v) is 8.03. The molecule has 0 aliphatic carbocycles. The average Bonchev–Trinajstić information content (AvgIpc) is 2.84. The van der Waals surface area contributed by atoms with Crippen molar-refractivity contribution in [3.63, 3.8) is 0 Å². The van der Waals surface area contributed by atoms with Gasteiger partial charge in [0.1, 0.15) is 0 Å². The minimum absolute atomic E-state index is 0.0290. The molecule has 1 fully saturated rings. The van der Waals surface area contributed by atoms with Crippen LogP contribution in [-0.2, 0) is 14.8 Å². The number of carbonyl (C=O) groups excluding carboxylic acids is 2. The highest BCUT2D eigenvalue weighted by atomic mass is 35.5. The van der Waals surface area contributed by atoms with E-state index >= 15 is 0 Å². The van der Waals surface area contributed by atoms with E-state index in [1.54, 1.807) is 18.2 Å². The summed E-state index contributed by atoms with van der Waals surface area (Å²) in [5, 5.41) is 3.27. The van der Waals surface area contributed by atoms with Crippen molar-refractivity contribution in [1.82, 2.24) is 0 Å². The minimum Gasteiger partial charge on any atom is -0.322 e. The summed E-state index contributed by atoms with van der Waals surface area (Å²) >= 11 is 6.03. The monoisotopic (exact) mass is 378 g/mol. The fraction of sp³-hybridized carbons (Fsp3) is 0.176. The Labute approximate surface area is 150 Å². The molecule has 1 saturated heterocycles. The zero-order valence-corrected chi connectivity index (χ0v) is 14.9. The third kappa shape index (κ3) is 3.52. The summed E-state index contributed by atoms with van der Waals surface area (Å²) in [6.07, 6.45) is -0.0290. The van der Waals surface area contributed by atoms with Gasteiger partial charge in [-0.3, -0.25) is 9.59 Å². The van der Waals surface area contributed by atoms with E-state index in [0.717, 1.165) is 9.87 Å². The number of aryl methyl sites for hydroxylation is 1. The molecule has 8 heteroatoms. The number of sulfonamides is 1. The molecule has 2 amide bonds. The van der Waals surface area contributed by atoms with Crippen LogP contribution in [0.3, 0.4) is 0 Å². The molecule has 1 heterocycles. The Morgan fingerprint density at radius 1 is 1.16 bits per heavy atom. The highest BCUT2D eigenvalue weighted by molar-refractivity contribution is 7.94. The van der Waals surface area contributed by atoms with Gasteiger partial charge in [-0.1, -0.05) is 17.7 Å². The Morgan fingerprint density at radius 2 is 1.84 bits per heavy atom. The van der Waals surface area contributed by atoms with Gasteiger partial charge in [0.2, 0.25) is 15.9 Å². The highest BCUT2D eigenvalue weighted by Gasteiger charge is 2.36. The van der Waals surface area contributed by atoms with E-state index in [9.17, 15) is 18.0 Å². The molecule has 1 aliphatic rings. The molecule has 2 aromatic carbocycles. The molecule has 0 bridgehead atoms. The number of hydrogen-bond donors (Lipinski definition) is 1. The van der Waals surface area contributed by atoms with Crippen molar-refractivity contribution in [2.45, 2.75) is 13.3 Å². The average molecular weight is 379 g/mol. The molecular weight excluding hydrogens is 364 g/mol. The lowest BCUT2D eigenvalue weighted by atomic mass is 10.1. The van der Waals surface area contributed by atoms with Crippen molar-refractivity contribution >= 4 is 44.8 Å². The maximum Gasteiger partial charge on any atom is 0.255 e. The number of amides is 2. The van der Waals surface area contributed by atoms with E-state index < -0.39 is 15.9 Å². The van der Waals surface area contributed by atoms with E-state index in [1.165, 1.54) is 24.3 Å². The number of rotatable bonds is 3. The van der Waals surface area contributed by atoms with Gasteiger partial charge in [0.15, 0.2) is 0 Å². The van der Waals surface area contributed by atoms with Crippen LogP contribution in [0, 0.1) is 6.92 Å². The van der Waals surface area contributed by atoms with Crippen LogP contribution in [0.1, 0.15) is 22.3 Å². The van der Waals surface area contributed by atoms with Crippen LogP contribution in [0.5, 0.6) is 0 Å². The quantitative estimate of drug-likeness (QED) is 0.889. The molecule has 6 nitrogen and oxygen atoms in total. The van der Waals surface area contributed by atoms with Gasteiger partial charge in [-0.15, -0.1) is 0 Å².